The Kier molecular flexibility index (Phi) is 6.43. The van der Waals surface area contributed by atoms with E-state index in [0.29, 0.717) is 25.9 Å². The molecule has 174 valence electrons. The van der Waals surface area contributed by atoms with E-state index in [0.717, 1.165) is 60.2 Å². The number of fused-ring (bicyclic) bond motifs is 1. The number of hydrogen-bond donors (Lipinski definition) is 0. The number of amides is 2. The highest BCUT2D eigenvalue weighted by molar-refractivity contribution is 6.00. The number of benzene rings is 1. The van der Waals surface area contributed by atoms with Gasteiger partial charge in [0.1, 0.15) is 11.6 Å². The van der Waals surface area contributed by atoms with E-state index >= 15 is 0 Å². The number of piperidine rings is 1. The van der Waals surface area contributed by atoms with Gasteiger partial charge in [-0.3, -0.25) is 14.5 Å². The minimum absolute atomic E-state index is 0.0794. The largest absolute Gasteiger partial charge is 0.342 e. The average molecular weight is 447 g/mol. The summed E-state index contributed by atoms with van der Waals surface area (Å²) in [4.78, 5) is 39.3. The van der Waals surface area contributed by atoms with Crippen molar-refractivity contribution in [3.8, 4) is 0 Å². The molecule has 0 N–H and O–H groups in total. The van der Waals surface area contributed by atoms with E-state index in [9.17, 15) is 9.59 Å². The van der Waals surface area contributed by atoms with Gasteiger partial charge in [0.05, 0.1) is 13.0 Å². The van der Waals surface area contributed by atoms with E-state index in [4.69, 9.17) is 9.97 Å². The summed E-state index contributed by atoms with van der Waals surface area (Å²) in [6, 6.07) is 10.0. The van der Waals surface area contributed by atoms with Crippen molar-refractivity contribution in [2.75, 3.05) is 18.0 Å². The minimum atomic E-state index is 0.0794. The first-order valence-corrected chi connectivity index (χ1v) is 12.6. The van der Waals surface area contributed by atoms with Crippen molar-refractivity contribution in [1.82, 2.24) is 14.9 Å². The third kappa shape index (κ3) is 4.80. The van der Waals surface area contributed by atoms with Crippen LogP contribution in [0.1, 0.15) is 79.9 Å². The molecule has 0 spiro atoms. The summed E-state index contributed by atoms with van der Waals surface area (Å²) in [7, 11) is 0. The van der Waals surface area contributed by atoms with E-state index in [2.05, 4.69) is 0 Å². The Labute approximate surface area is 196 Å². The topological polar surface area (TPSA) is 66.4 Å². The number of aromatic nitrogens is 2. The number of rotatable bonds is 6. The fourth-order valence-electron chi connectivity index (χ4n) is 5.71. The van der Waals surface area contributed by atoms with Gasteiger partial charge in [0, 0.05) is 36.7 Å². The van der Waals surface area contributed by atoms with Crippen LogP contribution in [-0.2, 0) is 22.6 Å². The summed E-state index contributed by atoms with van der Waals surface area (Å²) in [6.45, 7) is 4.03. The molecule has 6 nitrogen and oxygen atoms in total. The fourth-order valence-corrected chi connectivity index (χ4v) is 5.71. The highest BCUT2D eigenvalue weighted by Crippen LogP contribution is 2.34. The Morgan fingerprint density at radius 2 is 1.85 bits per heavy atom. The van der Waals surface area contributed by atoms with Gasteiger partial charge in [-0.2, -0.15) is 0 Å². The van der Waals surface area contributed by atoms with Gasteiger partial charge in [-0.05, 0) is 37.7 Å². The van der Waals surface area contributed by atoms with Crippen LogP contribution in [0.25, 0.3) is 0 Å². The van der Waals surface area contributed by atoms with Crippen LogP contribution in [-0.4, -0.2) is 39.8 Å². The molecule has 1 saturated carbocycles. The van der Waals surface area contributed by atoms with Gasteiger partial charge in [-0.25, -0.2) is 9.97 Å². The zero-order chi connectivity index (χ0) is 22.8. The van der Waals surface area contributed by atoms with Crippen LogP contribution < -0.4 is 4.90 Å². The summed E-state index contributed by atoms with van der Waals surface area (Å²) in [5, 5.41) is 0. The Balaban J connectivity index is 1.30. The monoisotopic (exact) mass is 446 g/mol. The molecule has 0 unspecified atom stereocenters. The third-order valence-corrected chi connectivity index (χ3v) is 7.66. The van der Waals surface area contributed by atoms with E-state index < -0.39 is 0 Å². The summed E-state index contributed by atoms with van der Waals surface area (Å²) < 4.78 is 0. The van der Waals surface area contributed by atoms with Crippen molar-refractivity contribution in [2.45, 2.75) is 77.2 Å². The molecular weight excluding hydrogens is 412 g/mol. The maximum absolute atomic E-state index is 12.9. The molecule has 0 radical (unpaired) electrons. The molecule has 2 fully saturated rings. The predicted octanol–water partition coefficient (Wildman–Crippen LogP) is 4.55. The van der Waals surface area contributed by atoms with Gasteiger partial charge < -0.3 is 4.90 Å². The number of aryl methyl sites for hydroxylation is 1. The molecule has 3 heterocycles. The molecule has 0 bridgehead atoms. The van der Waals surface area contributed by atoms with Crippen LogP contribution in [0.3, 0.4) is 0 Å². The molecule has 3 aliphatic rings. The molecule has 5 rings (SSSR count). The molecule has 1 atom stereocenters. The van der Waals surface area contributed by atoms with Crippen LogP contribution in [0.2, 0.25) is 0 Å². The van der Waals surface area contributed by atoms with Gasteiger partial charge in [0.25, 0.3) is 0 Å². The Morgan fingerprint density at radius 3 is 2.64 bits per heavy atom. The van der Waals surface area contributed by atoms with E-state index in [-0.39, 0.29) is 17.7 Å². The second-order valence-corrected chi connectivity index (χ2v) is 9.98. The standard InChI is InChI=1S/C27H34N4O2/c1-19-23-16-25(33)31(17-21-10-3-2-4-11-21)27(23)29-26(28-19)22-12-7-15-30(18-22)24(32)14-13-20-8-5-6-9-20/h2-4,10-11,20,22H,5-9,12-18H2,1H3/t22-/m1/s1. The number of carbonyl (C=O) groups excluding carboxylic acids is 2. The zero-order valence-electron chi connectivity index (χ0n) is 19.6. The smallest absolute Gasteiger partial charge is 0.233 e. The summed E-state index contributed by atoms with van der Waals surface area (Å²) in [6.07, 6.45) is 9.25. The number of hydrogen-bond acceptors (Lipinski definition) is 4. The first kappa shape index (κ1) is 22.1. The van der Waals surface area contributed by atoms with Crippen molar-refractivity contribution in [2.24, 2.45) is 5.92 Å². The second kappa shape index (κ2) is 9.62. The first-order valence-electron chi connectivity index (χ1n) is 12.6. The fraction of sp³-hybridized carbons (Fsp3) is 0.556. The summed E-state index contributed by atoms with van der Waals surface area (Å²) in [5.74, 6) is 2.78. The molecule has 6 heteroatoms. The van der Waals surface area contributed by atoms with Crippen molar-refractivity contribution in [1.29, 1.82) is 0 Å². The van der Waals surface area contributed by atoms with Crippen LogP contribution in [0, 0.1) is 12.8 Å². The molecule has 1 saturated heterocycles. The normalized spacial score (nSPS) is 21.0. The Morgan fingerprint density at radius 1 is 1.06 bits per heavy atom. The lowest BCUT2D eigenvalue weighted by molar-refractivity contribution is -0.132. The van der Waals surface area contributed by atoms with Crippen LogP contribution in [0.4, 0.5) is 5.82 Å². The van der Waals surface area contributed by atoms with Gasteiger partial charge >= 0.3 is 0 Å². The molecule has 2 amide bonds. The predicted molar refractivity (Wildman–Crippen MR) is 128 cm³/mol. The van der Waals surface area contributed by atoms with Gasteiger partial charge in [0.15, 0.2) is 0 Å². The van der Waals surface area contributed by atoms with E-state index in [1.54, 1.807) is 4.90 Å². The molecular formula is C27H34N4O2. The lowest BCUT2D eigenvalue weighted by Gasteiger charge is -2.32. The zero-order valence-corrected chi connectivity index (χ0v) is 19.6. The lowest BCUT2D eigenvalue weighted by atomic mass is 9.95. The van der Waals surface area contributed by atoms with Crippen molar-refractivity contribution in [3.05, 3.63) is 53.0 Å². The maximum Gasteiger partial charge on any atom is 0.233 e. The van der Waals surface area contributed by atoms with Crippen molar-refractivity contribution >= 4 is 17.6 Å². The molecule has 2 aliphatic heterocycles. The third-order valence-electron chi connectivity index (χ3n) is 7.66. The number of likely N-dealkylation sites (tertiary alicyclic amines) is 1. The van der Waals surface area contributed by atoms with E-state index in [1.807, 2.05) is 42.2 Å². The molecule has 1 aromatic carbocycles. The Hall–Kier alpha value is -2.76. The van der Waals surface area contributed by atoms with Crippen molar-refractivity contribution in [3.63, 3.8) is 0 Å². The Bertz CT molecular complexity index is 1020. The molecule has 33 heavy (non-hydrogen) atoms. The average Bonchev–Trinajstić information content (AvgIpc) is 3.47. The highest BCUT2D eigenvalue weighted by atomic mass is 16.2. The first-order chi connectivity index (χ1) is 16.1. The van der Waals surface area contributed by atoms with Crippen LogP contribution >= 0.6 is 0 Å². The van der Waals surface area contributed by atoms with Crippen LogP contribution in [0.15, 0.2) is 30.3 Å². The summed E-state index contributed by atoms with van der Waals surface area (Å²) >= 11 is 0. The van der Waals surface area contributed by atoms with Gasteiger partial charge in [-0.1, -0.05) is 56.0 Å². The number of anilines is 1. The highest BCUT2D eigenvalue weighted by Gasteiger charge is 2.34. The van der Waals surface area contributed by atoms with Crippen LogP contribution in [0.5, 0.6) is 0 Å². The molecule has 1 aliphatic carbocycles. The SMILES string of the molecule is Cc1nc([C@@H]2CCCN(C(=O)CCC3CCCC3)C2)nc2c1CC(=O)N2Cc1ccccc1. The molecule has 1 aromatic heterocycles. The number of carbonyl (C=O) groups is 2. The van der Waals surface area contributed by atoms with E-state index in [1.165, 1.54) is 25.7 Å². The number of nitrogens with zero attached hydrogens (tertiary/aromatic N) is 4. The molecule has 2 aromatic rings. The quantitative estimate of drug-likeness (QED) is 0.653. The minimum Gasteiger partial charge on any atom is -0.342 e. The maximum atomic E-state index is 12.9. The van der Waals surface area contributed by atoms with Crippen molar-refractivity contribution < 1.29 is 9.59 Å². The lowest BCUT2D eigenvalue weighted by Crippen LogP contribution is -2.39. The van der Waals surface area contributed by atoms with Gasteiger partial charge in [0.2, 0.25) is 11.8 Å². The second-order valence-electron chi connectivity index (χ2n) is 9.98. The summed E-state index contributed by atoms with van der Waals surface area (Å²) in [5.41, 5.74) is 2.93. The van der Waals surface area contributed by atoms with Gasteiger partial charge in [-0.15, -0.1) is 0 Å².